The van der Waals surface area contributed by atoms with Gasteiger partial charge in [-0.1, -0.05) is 0 Å². The summed E-state index contributed by atoms with van der Waals surface area (Å²) in [6, 6.07) is -1.03. The predicted molar refractivity (Wildman–Crippen MR) is 64.1 cm³/mol. The molecule has 0 aliphatic rings. The summed E-state index contributed by atoms with van der Waals surface area (Å²) in [4.78, 5) is 22.1. The molecule has 0 aromatic heterocycles. The Morgan fingerprint density at radius 3 is 2.53 bits per heavy atom. The van der Waals surface area contributed by atoms with Crippen molar-refractivity contribution in [3.05, 3.63) is 0 Å². The molecule has 0 heterocycles. The Balaban J connectivity index is 3.90. The number of thioether (sulfide) groups is 1. The Morgan fingerprint density at radius 2 is 2.05 bits per heavy atom. The van der Waals surface area contributed by atoms with Gasteiger partial charge in [-0.2, -0.15) is 24.9 Å². The number of amides is 1. The first-order chi connectivity index (χ1) is 8.76. The van der Waals surface area contributed by atoms with E-state index in [4.69, 9.17) is 5.11 Å². The summed E-state index contributed by atoms with van der Waals surface area (Å²) in [6.45, 7) is -1.82. The van der Waals surface area contributed by atoms with E-state index < -0.39 is 37.3 Å². The van der Waals surface area contributed by atoms with Crippen LogP contribution in [0.4, 0.5) is 13.2 Å². The maximum Gasteiger partial charge on any atom is 0.411 e. The van der Waals surface area contributed by atoms with Crippen molar-refractivity contribution in [1.82, 2.24) is 5.32 Å². The average Bonchev–Trinajstić information content (AvgIpc) is 2.28. The standard InChI is InChI=1S/C10H16F3NO4S/c1-19-5-3-7(9(16)17)14-8(15)2-4-18-6-10(11,12)13/h7H,2-6H2,1H3,(H,14,15)(H,16,17). The number of hydrogen-bond donors (Lipinski definition) is 2. The number of alkyl halides is 3. The molecule has 19 heavy (non-hydrogen) atoms. The summed E-state index contributed by atoms with van der Waals surface area (Å²) >= 11 is 1.43. The van der Waals surface area contributed by atoms with Crippen molar-refractivity contribution in [3.63, 3.8) is 0 Å². The van der Waals surface area contributed by atoms with Crippen LogP contribution in [0, 0.1) is 0 Å². The number of rotatable bonds is 9. The first-order valence-corrected chi connectivity index (χ1v) is 6.81. The minimum Gasteiger partial charge on any atom is -0.480 e. The summed E-state index contributed by atoms with van der Waals surface area (Å²) < 4.78 is 39.4. The minimum absolute atomic E-state index is 0.256. The topological polar surface area (TPSA) is 75.6 Å². The van der Waals surface area contributed by atoms with Crippen LogP contribution in [-0.2, 0) is 14.3 Å². The summed E-state index contributed by atoms with van der Waals surface area (Å²) in [5, 5.41) is 11.1. The maximum atomic E-state index is 11.7. The van der Waals surface area contributed by atoms with Crippen LogP contribution in [0.2, 0.25) is 0 Å². The Labute approximate surface area is 112 Å². The number of carbonyl (C=O) groups is 2. The normalized spacial score (nSPS) is 13.1. The van der Waals surface area contributed by atoms with Gasteiger partial charge in [0.05, 0.1) is 6.61 Å². The molecule has 0 aromatic carbocycles. The lowest BCUT2D eigenvalue weighted by Gasteiger charge is -2.14. The number of ether oxygens (including phenoxy) is 1. The van der Waals surface area contributed by atoms with E-state index in [1.54, 1.807) is 6.26 Å². The van der Waals surface area contributed by atoms with E-state index in [-0.39, 0.29) is 12.8 Å². The lowest BCUT2D eigenvalue weighted by Crippen LogP contribution is -2.41. The molecule has 1 atom stereocenters. The van der Waals surface area contributed by atoms with E-state index in [2.05, 4.69) is 10.1 Å². The van der Waals surface area contributed by atoms with Crippen molar-refractivity contribution < 1.29 is 32.6 Å². The van der Waals surface area contributed by atoms with Gasteiger partial charge in [-0.05, 0) is 18.4 Å². The highest BCUT2D eigenvalue weighted by Gasteiger charge is 2.27. The lowest BCUT2D eigenvalue weighted by atomic mass is 10.2. The SMILES string of the molecule is CSCCC(NC(=O)CCOCC(F)(F)F)C(=O)O. The number of halogens is 3. The van der Waals surface area contributed by atoms with Gasteiger partial charge in [-0.25, -0.2) is 4.79 Å². The fraction of sp³-hybridized carbons (Fsp3) is 0.800. The molecule has 0 saturated carbocycles. The van der Waals surface area contributed by atoms with E-state index in [0.717, 1.165) is 0 Å². The van der Waals surface area contributed by atoms with Crippen LogP contribution < -0.4 is 5.32 Å². The quantitative estimate of drug-likeness (QED) is 0.628. The molecule has 2 N–H and O–H groups in total. The van der Waals surface area contributed by atoms with E-state index in [0.29, 0.717) is 5.75 Å². The molecule has 9 heteroatoms. The predicted octanol–water partition coefficient (Wildman–Crippen LogP) is 1.28. The van der Waals surface area contributed by atoms with Crippen molar-refractivity contribution in [2.75, 3.05) is 25.2 Å². The fourth-order valence-electron chi connectivity index (χ4n) is 1.11. The van der Waals surface area contributed by atoms with Crippen LogP contribution >= 0.6 is 11.8 Å². The van der Waals surface area contributed by atoms with Gasteiger partial charge in [0.25, 0.3) is 0 Å². The Morgan fingerprint density at radius 1 is 1.42 bits per heavy atom. The Bertz CT molecular complexity index is 299. The molecular formula is C10H16F3NO4S. The van der Waals surface area contributed by atoms with Gasteiger partial charge in [-0.3, -0.25) is 4.79 Å². The molecule has 5 nitrogen and oxygen atoms in total. The second-order valence-electron chi connectivity index (χ2n) is 3.66. The molecule has 0 fully saturated rings. The van der Waals surface area contributed by atoms with Crippen LogP contribution in [0.3, 0.4) is 0 Å². The smallest absolute Gasteiger partial charge is 0.411 e. The van der Waals surface area contributed by atoms with E-state index >= 15 is 0 Å². The van der Waals surface area contributed by atoms with Gasteiger partial charge < -0.3 is 15.2 Å². The number of carbonyl (C=O) groups excluding carboxylic acids is 1. The number of nitrogens with one attached hydrogen (secondary N) is 1. The number of hydrogen-bond acceptors (Lipinski definition) is 4. The van der Waals surface area contributed by atoms with Crippen LogP contribution in [0.25, 0.3) is 0 Å². The van der Waals surface area contributed by atoms with Gasteiger partial charge in [0.2, 0.25) is 5.91 Å². The lowest BCUT2D eigenvalue weighted by molar-refractivity contribution is -0.174. The van der Waals surface area contributed by atoms with Crippen LogP contribution in [-0.4, -0.2) is 54.4 Å². The van der Waals surface area contributed by atoms with Gasteiger partial charge in [0, 0.05) is 6.42 Å². The van der Waals surface area contributed by atoms with Crippen molar-refractivity contribution in [3.8, 4) is 0 Å². The van der Waals surface area contributed by atoms with Crippen LogP contribution in [0.5, 0.6) is 0 Å². The summed E-state index contributed by atoms with van der Waals surface area (Å²) in [6.07, 6.45) is -2.69. The third kappa shape index (κ3) is 10.6. The first-order valence-electron chi connectivity index (χ1n) is 5.42. The van der Waals surface area contributed by atoms with E-state index in [1.165, 1.54) is 11.8 Å². The second-order valence-corrected chi connectivity index (χ2v) is 4.64. The summed E-state index contributed by atoms with van der Waals surface area (Å²) in [5.41, 5.74) is 0. The second kappa shape index (κ2) is 9.03. The molecule has 0 aliphatic carbocycles. The molecule has 0 aliphatic heterocycles. The zero-order valence-electron chi connectivity index (χ0n) is 10.3. The molecule has 1 unspecified atom stereocenters. The van der Waals surface area contributed by atoms with Crippen molar-refractivity contribution >= 4 is 23.6 Å². The average molecular weight is 303 g/mol. The molecular weight excluding hydrogens is 287 g/mol. The largest absolute Gasteiger partial charge is 0.480 e. The van der Waals surface area contributed by atoms with Crippen molar-refractivity contribution in [2.45, 2.75) is 25.1 Å². The molecule has 0 bridgehead atoms. The number of carboxylic acid groups (broad SMARTS) is 1. The third-order valence-corrected chi connectivity index (χ3v) is 2.63. The zero-order valence-corrected chi connectivity index (χ0v) is 11.1. The van der Waals surface area contributed by atoms with Gasteiger partial charge >= 0.3 is 12.1 Å². The highest BCUT2D eigenvalue weighted by molar-refractivity contribution is 7.98. The Kier molecular flexibility index (Phi) is 8.57. The molecule has 0 spiro atoms. The van der Waals surface area contributed by atoms with Crippen LogP contribution in [0.1, 0.15) is 12.8 Å². The summed E-state index contributed by atoms with van der Waals surface area (Å²) in [7, 11) is 0. The zero-order chi connectivity index (χ0) is 14.9. The monoisotopic (exact) mass is 303 g/mol. The van der Waals surface area contributed by atoms with E-state index in [1.807, 2.05) is 0 Å². The molecule has 0 rings (SSSR count). The molecule has 112 valence electrons. The van der Waals surface area contributed by atoms with Gasteiger partial charge in [-0.15, -0.1) is 0 Å². The highest BCUT2D eigenvalue weighted by atomic mass is 32.2. The van der Waals surface area contributed by atoms with Crippen molar-refractivity contribution in [2.24, 2.45) is 0 Å². The van der Waals surface area contributed by atoms with Crippen LogP contribution in [0.15, 0.2) is 0 Å². The number of carboxylic acids is 1. The van der Waals surface area contributed by atoms with Gasteiger partial charge in [0.1, 0.15) is 12.6 Å². The van der Waals surface area contributed by atoms with E-state index in [9.17, 15) is 22.8 Å². The van der Waals surface area contributed by atoms with Crippen molar-refractivity contribution in [1.29, 1.82) is 0 Å². The third-order valence-electron chi connectivity index (χ3n) is 1.98. The highest BCUT2D eigenvalue weighted by Crippen LogP contribution is 2.14. The molecule has 1 amide bonds. The Hall–Kier alpha value is -0.960. The maximum absolute atomic E-state index is 11.7. The summed E-state index contributed by atoms with van der Waals surface area (Å²) in [5.74, 6) is -1.25. The molecule has 0 radical (unpaired) electrons. The van der Waals surface area contributed by atoms with Gasteiger partial charge in [0.15, 0.2) is 0 Å². The first kappa shape index (κ1) is 18.0. The molecule has 0 aromatic rings. The minimum atomic E-state index is -4.43. The fourth-order valence-corrected chi connectivity index (χ4v) is 1.58. The molecule has 0 saturated heterocycles. The number of aliphatic carboxylic acids is 1.